The van der Waals surface area contributed by atoms with Gasteiger partial charge in [-0.15, -0.1) is 0 Å². The third-order valence-electron chi connectivity index (χ3n) is 2.32. The molecule has 1 rings (SSSR count). The van der Waals surface area contributed by atoms with E-state index in [1.165, 1.54) is 18.2 Å². The topological polar surface area (TPSA) is 191 Å². The minimum atomic E-state index is -0.842. The van der Waals surface area contributed by atoms with E-state index in [2.05, 4.69) is 11.6 Å². The quantitative estimate of drug-likeness (QED) is 0.158. The monoisotopic (exact) mass is 311 g/mol. The van der Waals surface area contributed by atoms with Gasteiger partial charge in [-0.2, -0.15) is 0 Å². The third-order valence-corrected chi connectivity index (χ3v) is 2.32. The van der Waals surface area contributed by atoms with E-state index < -0.39 is 12.1 Å². The molecule has 12 heteroatoms. The van der Waals surface area contributed by atoms with Gasteiger partial charge in [-0.1, -0.05) is 12.7 Å². The summed E-state index contributed by atoms with van der Waals surface area (Å²) in [6.07, 6.45) is 1.50. The highest BCUT2D eigenvalue weighted by Crippen LogP contribution is 2.24. The maximum absolute atomic E-state index is 11.4. The standard InChI is InChI=1S/C10H17N9O3/c1-2-3-22-6-4-7(18(13)9(20)16-11)15-8(5-6)19(14)10(21)17-12/h2,4-5H,1,3,11-14H2,(H,16,20)(H,17,21). The fourth-order valence-corrected chi connectivity index (χ4v) is 1.31. The number of nitrogens with zero attached hydrogens (tertiary/aromatic N) is 3. The second-order valence-corrected chi connectivity index (χ2v) is 3.76. The highest BCUT2D eigenvalue weighted by molar-refractivity contribution is 5.92. The van der Waals surface area contributed by atoms with Crippen LogP contribution in [-0.2, 0) is 0 Å². The van der Waals surface area contributed by atoms with E-state index in [4.69, 9.17) is 28.1 Å². The van der Waals surface area contributed by atoms with Crippen molar-refractivity contribution in [3.05, 3.63) is 24.8 Å². The molecular weight excluding hydrogens is 294 g/mol. The van der Waals surface area contributed by atoms with E-state index >= 15 is 0 Å². The van der Waals surface area contributed by atoms with Crippen LogP contribution in [0.15, 0.2) is 24.8 Å². The van der Waals surface area contributed by atoms with Crippen molar-refractivity contribution in [3.8, 4) is 5.75 Å². The zero-order chi connectivity index (χ0) is 16.7. The van der Waals surface area contributed by atoms with Crippen LogP contribution in [0.3, 0.4) is 0 Å². The van der Waals surface area contributed by atoms with Gasteiger partial charge in [0.2, 0.25) is 0 Å². The Morgan fingerprint density at radius 1 is 1.18 bits per heavy atom. The molecule has 0 atom stereocenters. The number of hydrazine groups is 4. The Kier molecular flexibility index (Phi) is 6.03. The molecule has 0 fully saturated rings. The van der Waals surface area contributed by atoms with Crippen LogP contribution in [0.5, 0.6) is 5.75 Å². The number of urea groups is 2. The van der Waals surface area contributed by atoms with Gasteiger partial charge < -0.3 is 4.74 Å². The molecule has 0 radical (unpaired) electrons. The van der Waals surface area contributed by atoms with Gasteiger partial charge in [0.25, 0.3) is 0 Å². The van der Waals surface area contributed by atoms with Gasteiger partial charge in [0.15, 0.2) is 11.6 Å². The first-order valence-electron chi connectivity index (χ1n) is 5.81. The van der Waals surface area contributed by atoms with Crippen molar-refractivity contribution >= 4 is 23.7 Å². The molecule has 12 nitrogen and oxygen atoms in total. The van der Waals surface area contributed by atoms with Crippen molar-refractivity contribution in [1.82, 2.24) is 15.8 Å². The van der Waals surface area contributed by atoms with Crippen LogP contribution >= 0.6 is 0 Å². The summed E-state index contributed by atoms with van der Waals surface area (Å²) >= 11 is 0. The maximum atomic E-state index is 11.4. The molecule has 4 amide bonds. The molecule has 0 spiro atoms. The largest absolute Gasteiger partial charge is 0.489 e. The molecule has 0 aliphatic heterocycles. The molecule has 1 aromatic heterocycles. The molecule has 10 N–H and O–H groups in total. The second-order valence-electron chi connectivity index (χ2n) is 3.76. The molecular formula is C10H17N9O3. The zero-order valence-corrected chi connectivity index (χ0v) is 11.5. The number of ether oxygens (including phenoxy) is 1. The van der Waals surface area contributed by atoms with Crippen molar-refractivity contribution in [2.24, 2.45) is 23.4 Å². The van der Waals surface area contributed by atoms with Crippen LogP contribution in [0, 0.1) is 0 Å². The highest BCUT2D eigenvalue weighted by atomic mass is 16.5. The number of carbonyl (C=O) groups excluding carboxylic acids is 2. The average molecular weight is 311 g/mol. The minimum absolute atomic E-state index is 0.0696. The summed E-state index contributed by atoms with van der Waals surface area (Å²) in [6, 6.07) is 1.00. The van der Waals surface area contributed by atoms with Crippen molar-refractivity contribution in [2.75, 3.05) is 16.6 Å². The minimum Gasteiger partial charge on any atom is -0.489 e. The van der Waals surface area contributed by atoms with Crippen LogP contribution in [-0.4, -0.2) is 23.7 Å². The number of amides is 4. The summed E-state index contributed by atoms with van der Waals surface area (Å²) in [4.78, 5) is 26.8. The molecule has 0 aliphatic rings. The van der Waals surface area contributed by atoms with E-state index in [9.17, 15) is 9.59 Å². The van der Waals surface area contributed by atoms with Gasteiger partial charge in [0.05, 0.1) is 0 Å². The van der Waals surface area contributed by atoms with Crippen molar-refractivity contribution < 1.29 is 14.3 Å². The lowest BCUT2D eigenvalue weighted by Crippen LogP contribution is -2.49. The Labute approximate surface area is 125 Å². The fraction of sp³-hybridized carbons (Fsp3) is 0.100. The Hall–Kier alpha value is -2.93. The van der Waals surface area contributed by atoms with Crippen molar-refractivity contribution in [2.45, 2.75) is 0 Å². The summed E-state index contributed by atoms with van der Waals surface area (Å²) in [5.74, 6) is 21.2. The molecule has 0 aliphatic carbocycles. The Balaban J connectivity index is 3.23. The first-order chi connectivity index (χ1) is 10.4. The predicted molar refractivity (Wildman–Crippen MR) is 78.7 cm³/mol. The number of pyridine rings is 1. The van der Waals surface area contributed by atoms with Crippen LogP contribution in [0.2, 0.25) is 0 Å². The third kappa shape index (κ3) is 4.03. The van der Waals surface area contributed by atoms with Crippen molar-refractivity contribution in [3.63, 3.8) is 0 Å². The average Bonchev–Trinajstić information content (AvgIpc) is 2.56. The number of nitrogens with one attached hydrogen (secondary N) is 2. The molecule has 120 valence electrons. The number of anilines is 2. The number of rotatable bonds is 5. The number of hydrogen-bond acceptors (Lipinski definition) is 8. The van der Waals surface area contributed by atoms with E-state index in [-0.39, 0.29) is 24.0 Å². The van der Waals surface area contributed by atoms with Gasteiger partial charge in [-0.05, 0) is 0 Å². The van der Waals surface area contributed by atoms with Crippen LogP contribution in [0.25, 0.3) is 0 Å². The fourth-order valence-electron chi connectivity index (χ4n) is 1.31. The predicted octanol–water partition coefficient (Wildman–Crippen LogP) is -1.83. The Bertz CT molecular complexity index is 524. The summed E-state index contributed by atoms with van der Waals surface area (Å²) in [5.41, 5.74) is 3.66. The lowest BCUT2D eigenvalue weighted by atomic mass is 10.4. The molecule has 22 heavy (non-hydrogen) atoms. The molecule has 1 heterocycles. The smallest absolute Gasteiger partial charge is 0.351 e. The number of hydrogen-bond donors (Lipinski definition) is 6. The van der Waals surface area contributed by atoms with Gasteiger partial charge in [0.1, 0.15) is 12.4 Å². The summed E-state index contributed by atoms with van der Waals surface area (Å²) in [6.45, 7) is 3.67. The van der Waals surface area contributed by atoms with E-state index in [0.29, 0.717) is 10.0 Å². The van der Waals surface area contributed by atoms with Gasteiger partial charge in [0, 0.05) is 12.1 Å². The van der Waals surface area contributed by atoms with Crippen LogP contribution < -0.4 is 49.0 Å². The van der Waals surface area contributed by atoms with Crippen LogP contribution in [0.4, 0.5) is 21.2 Å². The second kappa shape index (κ2) is 7.75. The molecule has 0 saturated carbocycles. The Morgan fingerprint density at radius 3 is 2.00 bits per heavy atom. The number of carbonyl (C=O) groups is 2. The van der Waals surface area contributed by atoms with Gasteiger partial charge in [-0.25, -0.2) is 48.0 Å². The van der Waals surface area contributed by atoms with Crippen LogP contribution in [0.1, 0.15) is 0 Å². The maximum Gasteiger partial charge on any atom is 0.351 e. The lowest BCUT2D eigenvalue weighted by Gasteiger charge is -2.20. The first kappa shape index (κ1) is 17.1. The number of nitrogens with two attached hydrogens (primary N) is 4. The van der Waals surface area contributed by atoms with Crippen molar-refractivity contribution in [1.29, 1.82) is 0 Å². The van der Waals surface area contributed by atoms with E-state index in [1.54, 1.807) is 0 Å². The summed E-state index contributed by atoms with van der Waals surface area (Å²) in [5, 5.41) is 1.22. The first-order valence-corrected chi connectivity index (χ1v) is 5.81. The summed E-state index contributed by atoms with van der Waals surface area (Å²) in [7, 11) is 0. The van der Waals surface area contributed by atoms with Gasteiger partial charge in [-0.3, -0.25) is 10.9 Å². The van der Waals surface area contributed by atoms with Gasteiger partial charge >= 0.3 is 12.1 Å². The Morgan fingerprint density at radius 2 is 1.64 bits per heavy atom. The molecule has 0 saturated heterocycles. The lowest BCUT2D eigenvalue weighted by molar-refractivity contribution is 0.246. The van der Waals surface area contributed by atoms with E-state index in [0.717, 1.165) is 0 Å². The van der Waals surface area contributed by atoms with E-state index in [1.807, 2.05) is 10.9 Å². The normalized spacial score (nSPS) is 9.64. The highest BCUT2D eigenvalue weighted by Gasteiger charge is 2.18. The molecule has 0 bridgehead atoms. The molecule has 0 unspecified atom stereocenters. The SMILES string of the molecule is C=CCOc1cc(N(N)C(=O)NN)nc(N(N)C(=O)NN)c1. The number of aromatic nitrogens is 1. The molecule has 1 aromatic rings. The summed E-state index contributed by atoms with van der Waals surface area (Å²) < 4.78 is 5.32. The molecule has 0 aromatic carbocycles. The zero-order valence-electron chi connectivity index (χ0n) is 11.5.